The number of hydrogen-bond donors (Lipinski definition) is 2. The van der Waals surface area contributed by atoms with Crippen molar-refractivity contribution in [3.63, 3.8) is 0 Å². The summed E-state index contributed by atoms with van der Waals surface area (Å²) in [6.45, 7) is 2.83. The summed E-state index contributed by atoms with van der Waals surface area (Å²) in [6, 6.07) is 10.6. The van der Waals surface area contributed by atoms with Gasteiger partial charge in [-0.15, -0.1) is 0 Å². The second-order valence-electron chi connectivity index (χ2n) is 7.53. The van der Waals surface area contributed by atoms with Gasteiger partial charge in [0.2, 0.25) is 0 Å². The lowest BCUT2D eigenvalue weighted by Crippen LogP contribution is -2.49. The molecule has 0 bridgehead atoms. The minimum atomic E-state index is -0.911. The van der Waals surface area contributed by atoms with Gasteiger partial charge in [0.1, 0.15) is 11.9 Å². The van der Waals surface area contributed by atoms with E-state index in [9.17, 15) is 14.7 Å². The van der Waals surface area contributed by atoms with E-state index in [0.29, 0.717) is 31.7 Å². The fourth-order valence-electron chi connectivity index (χ4n) is 4.15. The Balaban J connectivity index is 1.63. The largest absolute Gasteiger partial charge is 0.481 e. The highest BCUT2D eigenvalue weighted by molar-refractivity contribution is 9.10. The molecular formula is C22H23BrN4O4. The van der Waals surface area contributed by atoms with Gasteiger partial charge in [-0.3, -0.25) is 14.5 Å². The molecule has 0 amide bonds. The van der Waals surface area contributed by atoms with E-state index in [1.165, 1.54) is 0 Å². The fraction of sp³-hybridized carbons (Fsp3) is 0.318. The highest BCUT2D eigenvalue weighted by Crippen LogP contribution is 2.33. The Morgan fingerprint density at radius 3 is 2.52 bits per heavy atom. The summed E-state index contributed by atoms with van der Waals surface area (Å²) in [5.74, 6) is -0.908. The van der Waals surface area contributed by atoms with Crippen LogP contribution in [0, 0.1) is 0 Å². The van der Waals surface area contributed by atoms with E-state index < -0.39 is 18.0 Å². The molecule has 0 saturated carbocycles. The summed E-state index contributed by atoms with van der Waals surface area (Å²) in [5, 5.41) is 20.0. The standard InChI is InChI=1S/C22H23BrN4O4/c23-15-4-5-16-17(14-27(18(16)13-15)8-6-20(28)29)21(22(30)31)26-11-9-25(10-12-26)19-3-1-2-7-24-19/h1-5,7,13-14,21H,6,8-12H2,(H,28,29)(H,30,31)/t21-/m1/s1. The van der Waals surface area contributed by atoms with E-state index in [-0.39, 0.29) is 13.0 Å². The Morgan fingerprint density at radius 2 is 1.87 bits per heavy atom. The Bertz CT molecular complexity index is 1090. The highest BCUT2D eigenvalue weighted by Gasteiger charge is 2.33. The van der Waals surface area contributed by atoms with Crippen molar-refractivity contribution in [1.29, 1.82) is 0 Å². The Morgan fingerprint density at radius 1 is 1.10 bits per heavy atom. The number of carbonyl (C=O) groups is 2. The van der Waals surface area contributed by atoms with Gasteiger partial charge in [-0.1, -0.05) is 28.1 Å². The molecule has 0 aliphatic carbocycles. The van der Waals surface area contributed by atoms with Crippen LogP contribution in [0.1, 0.15) is 18.0 Å². The molecule has 1 fully saturated rings. The lowest BCUT2D eigenvalue weighted by Gasteiger charge is -2.38. The van der Waals surface area contributed by atoms with E-state index in [4.69, 9.17) is 5.11 Å². The van der Waals surface area contributed by atoms with Crippen molar-refractivity contribution in [3.8, 4) is 0 Å². The molecule has 1 aliphatic rings. The quantitative estimate of drug-likeness (QED) is 0.528. The van der Waals surface area contributed by atoms with Crippen molar-refractivity contribution < 1.29 is 19.8 Å². The molecular weight excluding hydrogens is 464 g/mol. The zero-order valence-corrected chi connectivity index (χ0v) is 18.4. The number of aliphatic carboxylic acids is 2. The third-order valence-electron chi connectivity index (χ3n) is 5.62. The molecule has 1 atom stereocenters. The number of fused-ring (bicyclic) bond motifs is 1. The van der Waals surface area contributed by atoms with Gasteiger partial charge in [-0.25, -0.2) is 4.98 Å². The van der Waals surface area contributed by atoms with Gasteiger partial charge in [0.25, 0.3) is 0 Å². The first-order valence-electron chi connectivity index (χ1n) is 10.1. The molecule has 0 unspecified atom stereocenters. The Labute approximate surface area is 187 Å². The summed E-state index contributed by atoms with van der Waals surface area (Å²) in [4.78, 5) is 32.0. The second-order valence-corrected chi connectivity index (χ2v) is 8.45. The monoisotopic (exact) mass is 486 g/mol. The predicted octanol–water partition coefficient (Wildman–Crippen LogP) is 3.22. The highest BCUT2D eigenvalue weighted by atomic mass is 79.9. The van der Waals surface area contributed by atoms with E-state index >= 15 is 0 Å². The molecule has 1 aliphatic heterocycles. The van der Waals surface area contributed by atoms with Crippen LogP contribution in [0.2, 0.25) is 0 Å². The average Bonchev–Trinajstić information content (AvgIpc) is 3.10. The number of nitrogens with zero attached hydrogens (tertiary/aromatic N) is 4. The van der Waals surface area contributed by atoms with Crippen molar-refractivity contribution in [1.82, 2.24) is 14.5 Å². The van der Waals surface area contributed by atoms with Gasteiger partial charge in [0.05, 0.1) is 6.42 Å². The van der Waals surface area contributed by atoms with Crippen LogP contribution < -0.4 is 4.90 Å². The molecule has 0 radical (unpaired) electrons. The summed E-state index contributed by atoms with van der Waals surface area (Å²) in [5.41, 5.74) is 1.51. The van der Waals surface area contributed by atoms with Crippen molar-refractivity contribution in [2.75, 3.05) is 31.1 Å². The molecule has 1 aromatic carbocycles. The minimum absolute atomic E-state index is 0.0315. The van der Waals surface area contributed by atoms with Crippen LogP contribution in [0.25, 0.3) is 10.9 Å². The summed E-state index contributed by atoms with van der Waals surface area (Å²) >= 11 is 3.46. The molecule has 2 N–H and O–H groups in total. The number of hydrogen-bond acceptors (Lipinski definition) is 5. The normalized spacial score (nSPS) is 15.8. The van der Waals surface area contributed by atoms with Crippen molar-refractivity contribution in [2.24, 2.45) is 0 Å². The van der Waals surface area contributed by atoms with Gasteiger partial charge >= 0.3 is 11.9 Å². The third-order valence-corrected chi connectivity index (χ3v) is 6.12. The molecule has 9 heteroatoms. The van der Waals surface area contributed by atoms with E-state index in [1.807, 2.05) is 45.9 Å². The van der Waals surface area contributed by atoms with Crippen LogP contribution in [0.3, 0.4) is 0 Å². The third kappa shape index (κ3) is 4.57. The van der Waals surface area contributed by atoms with E-state index in [0.717, 1.165) is 21.2 Å². The SMILES string of the molecule is O=C(O)CCn1cc([C@H](C(=O)O)N2CCN(c3ccccn3)CC2)c2ccc(Br)cc21. The summed E-state index contributed by atoms with van der Waals surface area (Å²) < 4.78 is 2.70. The van der Waals surface area contributed by atoms with Crippen molar-refractivity contribution in [3.05, 3.63) is 58.8 Å². The molecule has 3 heterocycles. The number of pyridine rings is 1. The molecule has 3 aromatic rings. The number of anilines is 1. The number of halogens is 1. The summed E-state index contributed by atoms with van der Waals surface area (Å²) in [6.07, 6.45) is 3.52. The van der Waals surface area contributed by atoms with Crippen LogP contribution in [-0.2, 0) is 16.1 Å². The maximum Gasteiger partial charge on any atom is 0.325 e. The van der Waals surface area contributed by atoms with Crippen molar-refractivity contribution >= 4 is 44.6 Å². The zero-order valence-electron chi connectivity index (χ0n) is 16.8. The first-order valence-corrected chi connectivity index (χ1v) is 10.9. The lowest BCUT2D eigenvalue weighted by molar-refractivity contribution is -0.143. The zero-order chi connectivity index (χ0) is 22.0. The number of aromatic nitrogens is 2. The predicted molar refractivity (Wildman–Crippen MR) is 120 cm³/mol. The maximum atomic E-state index is 12.4. The van der Waals surface area contributed by atoms with Crippen LogP contribution in [-0.4, -0.2) is 62.8 Å². The molecule has 8 nitrogen and oxygen atoms in total. The molecule has 4 rings (SSSR count). The van der Waals surface area contributed by atoms with Gasteiger partial charge in [-0.2, -0.15) is 0 Å². The first-order chi connectivity index (χ1) is 14.9. The molecule has 31 heavy (non-hydrogen) atoms. The van der Waals surface area contributed by atoms with Crippen LogP contribution in [0.4, 0.5) is 5.82 Å². The number of carboxylic acid groups (broad SMARTS) is 2. The number of rotatable bonds is 7. The maximum absolute atomic E-state index is 12.4. The molecule has 162 valence electrons. The molecule has 2 aromatic heterocycles. The smallest absolute Gasteiger partial charge is 0.325 e. The van der Waals surface area contributed by atoms with Gasteiger partial charge < -0.3 is 19.7 Å². The van der Waals surface area contributed by atoms with Crippen molar-refractivity contribution in [2.45, 2.75) is 19.0 Å². The Hall–Kier alpha value is -2.91. The minimum Gasteiger partial charge on any atom is -0.481 e. The summed E-state index contributed by atoms with van der Waals surface area (Å²) in [7, 11) is 0. The number of piperazine rings is 1. The molecule has 1 saturated heterocycles. The number of aryl methyl sites for hydroxylation is 1. The fourth-order valence-corrected chi connectivity index (χ4v) is 4.50. The van der Waals surface area contributed by atoms with Crippen LogP contribution in [0.5, 0.6) is 0 Å². The van der Waals surface area contributed by atoms with Gasteiger partial charge in [-0.05, 0) is 24.3 Å². The topological polar surface area (TPSA) is 98.9 Å². The van der Waals surface area contributed by atoms with Crippen LogP contribution >= 0.6 is 15.9 Å². The van der Waals surface area contributed by atoms with Gasteiger partial charge in [0.15, 0.2) is 0 Å². The van der Waals surface area contributed by atoms with E-state index in [1.54, 1.807) is 12.4 Å². The lowest BCUT2D eigenvalue weighted by atomic mass is 10.0. The second kappa shape index (κ2) is 9.07. The Kier molecular flexibility index (Phi) is 6.24. The van der Waals surface area contributed by atoms with Crippen LogP contribution in [0.15, 0.2) is 53.3 Å². The first kappa shape index (κ1) is 21.3. The number of benzene rings is 1. The molecule has 0 spiro atoms. The van der Waals surface area contributed by atoms with Gasteiger partial charge in [0, 0.05) is 66.1 Å². The van der Waals surface area contributed by atoms with E-state index in [2.05, 4.69) is 25.8 Å². The average molecular weight is 487 g/mol. The number of carboxylic acids is 2.